The van der Waals surface area contributed by atoms with Crippen molar-refractivity contribution in [3.05, 3.63) is 29.5 Å². The maximum absolute atomic E-state index is 12.7. The number of rotatable bonds is 1. The Hall–Kier alpha value is -1.96. The molecule has 3 aromatic rings. The van der Waals surface area contributed by atoms with Crippen LogP contribution in [0.4, 0.5) is 13.2 Å². The number of fused-ring (bicyclic) bond motifs is 3. The maximum Gasteiger partial charge on any atom is 0.416 e. The van der Waals surface area contributed by atoms with E-state index in [0.29, 0.717) is 16.9 Å². The molecule has 0 aliphatic heterocycles. The van der Waals surface area contributed by atoms with Gasteiger partial charge in [-0.25, -0.2) is 4.98 Å². The minimum Gasteiger partial charge on any atom is -0.246 e. The predicted octanol–water partition coefficient (Wildman–Crippen LogP) is 2.43. The summed E-state index contributed by atoms with van der Waals surface area (Å²) in [4.78, 5) is 4.07. The SMILES string of the molecule is FC(F)(F)c1ccc2c(c1)nc(CCl)c1nnnn12. The van der Waals surface area contributed by atoms with Gasteiger partial charge in [0.15, 0.2) is 0 Å². The van der Waals surface area contributed by atoms with Crippen molar-refractivity contribution >= 4 is 28.3 Å². The van der Waals surface area contributed by atoms with E-state index in [1.54, 1.807) is 0 Å². The van der Waals surface area contributed by atoms with Gasteiger partial charge in [0.05, 0.1) is 22.5 Å². The third kappa shape index (κ3) is 1.88. The van der Waals surface area contributed by atoms with Crippen LogP contribution in [-0.2, 0) is 12.1 Å². The molecule has 0 aliphatic rings. The molecule has 3 rings (SSSR count). The Morgan fingerprint density at radius 1 is 1.26 bits per heavy atom. The van der Waals surface area contributed by atoms with Gasteiger partial charge in [-0.2, -0.15) is 17.7 Å². The Balaban J connectivity index is 2.37. The Morgan fingerprint density at radius 3 is 2.74 bits per heavy atom. The van der Waals surface area contributed by atoms with E-state index in [9.17, 15) is 13.2 Å². The molecule has 0 atom stereocenters. The molecular formula is C10H5ClF3N5. The molecule has 0 aliphatic carbocycles. The van der Waals surface area contributed by atoms with E-state index in [1.807, 2.05) is 0 Å². The maximum atomic E-state index is 12.7. The standard InChI is InChI=1S/C10H5ClF3N5/c11-4-7-9-16-17-18-19(9)8-2-1-5(10(12,13)14)3-6(8)15-7/h1-3H,4H2. The van der Waals surface area contributed by atoms with Crippen LogP contribution >= 0.6 is 11.6 Å². The van der Waals surface area contributed by atoms with Gasteiger partial charge in [-0.05, 0) is 28.6 Å². The second-order valence-electron chi connectivity index (χ2n) is 3.81. The molecule has 5 nitrogen and oxygen atoms in total. The summed E-state index contributed by atoms with van der Waals surface area (Å²) in [5.41, 5.74) is 0.424. The lowest BCUT2D eigenvalue weighted by Crippen LogP contribution is -2.06. The average Bonchev–Trinajstić information content (AvgIpc) is 2.85. The minimum atomic E-state index is -4.42. The van der Waals surface area contributed by atoms with Crippen LogP contribution in [-0.4, -0.2) is 25.0 Å². The summed E-state index contributed by atoms with van der Waals surface area (Å²) in [7, 11) is 0. The molecule has 2 aromatic heterocycles. The molecule has 0 radical (unpaired) electrons. The Morgan fingerprint density at radius 2 is 2.05 bits per heavy atom. The molecular weight excluding hydrogens is 283 g/mol. The molecule has 9 heteroatoms. The van der Waals surface area contributed by atoms with Crippen LogP contribution in [0.15, 0.2) is 18.2 Å². The van der Waals surface area contributed by atoms with Crippen molar-refractivity contribution in [3.63, 3.8) is 0 Å². The molecule has 0 saturated heterocycles. The van der Waals surface area contributed by atoms with Crippen molar-refractivity contribution in [2.24, 2.45) is 0 Å². The van der Waals surface area contributed by atoms with Gasteiger partial charge < -0.3 is 0 Å². The van der Waals surface area contributed by atoms with Crippen LogP contribution in [0.1, 0.15) is 11.3 Å². The monoisotopic (exact) mass is 287 g/mol. The highest BCUT2D eigenvalue weighted by molar-refractivity contribution is 6.17. The first-order valence-corrected chi connectivity index (χ1v) is 5.68. The van der Waals surface area contributed by atoms with Gasteiger partial charge in [0.1, 0.15) is 5.69 Å². The van der Waals surface area contributed by atoms with Crippen LogP contribution in [0.3, 0.4) is 0 Å². The molecule has 19 heavy (non-hydrogen) atoms. The smallest absolute Gasteiger partial charge is 0.246 e. The van der Waals surface area contributed by atoms with Gasteiger partial charge in [0, 0.05) is 0 Å². The number of hydrogen-bond donors (Lipinski definition) is 0. The largest absolute Gasteiger partial charge is 0.416 e. The molecule has 0 bridgehead atoms. The van der Waals surface area contributed by atoms with Gasteiger partial charge in [0.2, 0.25) is 5.65 Å². The summed E-state index contributed by atoms with van der Waals surface area (Å²) in [5.74, 6) is 0.00998. The van der Waals surface area contributed by atoms with Crippen LogP contribution in [0.2, 0.25) is 0 Å². The van der Waals surface area contributed by atoms with E-state index in [0.717, 1.165) is 12.1 Å². The van der Waals surface area contributed by atoms with E-state index in [-0.39, 0.29) is 11.4 Å². The van der Waals surface area contributed by atoms with E-state index >= 15 is 0 Å². The molecule has 0 saturated carbocycles. The fourth-order valence-corrected chi connectivity index (χ4v) is 1.96. The minimum absolute atomic E-state index is 0.00998. The van der Waals surface area contributed by atoms with Crippen LogP contribution < -0.4 is 0 Å². The van der Waals surface area contributed by atoms with Crippen molar-refractivity contribution < 1.29 is 13.2 Å². The number of halogens is 4. The number of benzene rings is 1. The molecule has 0 fully saturated rings. The second kappa shape index (κ2) is 4.02. The summed E-state index contributed by atoms with van der Waals surface area (Å²) < 4.78 is 39.3. The first kappa shape index (κ1) is 12.1. The number of aromatic nitrogens is 5. The molecule has 1 aromatic carbocycles. The number of alkyl halides is 4. The lowest BCUT2D eigenvalue weighted by molar-refractivity contribution is -0.137. The average molecular weight is 288 g/mol. The van der Waals surface area contributed by atoms with Crippen LogP contribution in [0, 0.1) is 0 Å². The third-order valence-corrected chi connectivity index (χ3v) is 2.89. The fraction of sp³-hybridized carbons (Fsp3) is 0.200. The zero-order valence-corrected chi connectivity index (χ0v) is 9.94. The zero-order valence-electron chi connectivity index (χ0n) is 9.19. The van der Waals surface area contributed by atoms with Gasteiger partial charge in [0.25, 0.3) is 0 Å². The molecule has 0 spiro atoms. The van der Waals surface area contributed by atoms with Gasteiger partial charge >= 0.3 is 6.18 Å². The number of hydrogen-bond acceptors (Lipinski definition) is 4. The van der Waals surface area contributed by atoms with Gasteiger partial charge in [-0.3, -0.25) is 0 Å². The zero-order chi connectivity index (χ0) is 13.6. The number of tetrazole rings is 1. The highest BCUT2D eigenvalue weighted by Gasteiger charge is 2.31. The van der Waals surface area contributed by atoms with Crippen molar-refractivity contribution in [1.29, 1.82) is 0 Å². The van der Waals surface area contributed by atoms with Crippen molar-refractivity contribution in [2.75, 3.05) is 0 Å². The predicted molar refractivity (Wildman–Crippen MR) is 60.6 cm³/mol. The third-order valence-electron chi connectivity index (χ3n) is 2.64. The summed E-state index contributed by atoms with van der Waals surface area (Å²) in [5, 5.41) is 10.9. The van der Waals surface area contributed by atoms with Crippen LogP contribution in [0.25, 0.3) is 16.7 Å². The van der Waals surface area contributed by atoms with E-state index in [1.165, 1.54) is 10.6 Å². The summed E-state index contributed by atoms with van der Waals surface area (Å²) >= 11 is 5.70. The molecule has 2 heterocycles. The molecule has 0 N–H and O–H groups in total. The quantitative estimate of drug-likeness (QED) is 0.645. The highest BCUT2D eigenvalue weighted by atomic mass is 35.5. The lowest BCUT2D eigenvalue weighted by atomic mass is 10.2. The van der Waals surface area contributed by atoms with Crippen molar-refractivity contribution in [1.82, 2.24) is 25.0 Å². The second-order valence-corrected chi connectivity index (χ2v) is 4.07. The van der Waals surface area contributed by atoms with Crippen molar-refractivity contribution in [2.45, 2.75) is 12.1 Å². The van der Waals surface area contributed by atoms with Gasteiger partial charge in [-0.15, -0.1) is 16.7 Å². The molecule has 98 valence electrons. The highest BCUT2D eigenvalue weighted by Crippen LogP contribution is 2.31. The van der Waals surface area contributed by atoms with Crippen molar-refractivity contribution in [3.8, 4) is 0 Å². The summed E-state index contributed by atoms with van der Waals surface area (Å²) in [6.45, 7) is 0. The van der Waals surface area contributed by atoms with E-state index in [2.05, 4.69) is 20.5 Å². The Labute approximate surface area is 109 Å². The van der Waals surface area contributed by atoms with Gasteiger partial charge in [-0.1, -0.05) is 0 Å². The summed E-state index contributed by atoms with van der Waals surface area (Å²) in [6.07, 6.45) is -4.42. The van der Waals surface area contributed by atoms with E-state index in [4.69, 9.17) is 11.6 Å². The first-order valence-electron chi connectivity index (χ1n) is 5.14. The van der Waals surface area contributed by atoms with Crippen LogP contribution in [0.5, 0.6) is 0 Å². The van der Waals surface area contributed by atoms with E-state index < -0.39 is 11.7 Å². The fourth-order valence-electron chi connectivity index (χ4n) is 1.78. The normalized spacial score (nSPS) is 12.4. The topological polar surface area (TPSA) is 56.0 Å². The lowest BCUT2D eigenvalue weighted by Gasteiger charge is -2.08. The summed E-state index contributed by atoms with van der Waals surface area (Å²) in [6, 6.07) is 3.20. The Bertz CT molecular complexity index is 767. The molecule has 0 unspecified atom stereocenters. The first-order chi connectivity index (χ1) is 9.00. The molecule has 0 amide bonds. The Kier molecular flexibility index (Phi) is 2.56. The number of nitrogens with zero attached hydrogens (tertiary/aromatic N) is 5.